The molecular formula is C57H42N8O23S6. The fraction of sp³-hybridized carbons (Fsp3) is 0.0351. The zero-order chi connectivity index (χ0) is 68.2. The van der Waals surface area contributed by atoms with Crippen molar-refractivity contribution in [1.29, 1.82) is 0 Å². The van der Waals surface area contributed by atoms with E-state index in [9.17, 15) is 102 Å². The van der Waals surface area contributed by atoms with Crippen LogP contribution in [0, 0.1) is 0 Å². The van der Waals surface area contributed by atoms with Crippen LogP contribution >= 0.6 is 0 Å². The lowest BCUT2D eigenvalue weighted by molar-refractivity contribution is 0.101. The number of azo groups is 2. The van der Waals surface area contributed by atoms with Gasteiger partial charge in [-0.3, -0.25) is 36.9 Å². The van der Waals surface area contributed by atoms with E-state index in [4.69, 9.17) is 0 Å². The average molecular weight is 1400 g/mol. The van der Waals surface area contributed by atoms with Crippen molar-refractivity contribution in [3.8, 4) is 11.5 Å². The molecule has 4 amide bonds. The highest BCUT2D eigenvalue weighted by molar-refractivity contribution is 7.87. The number of hydrogen-bond acceptors (Lipinski definition) is 21. The Morgan fingerprint density at radius 1 is 0.351 bits per heavy atom. The van der Waals surface area contributed by atoms with Gasteiger partial charge >= 0.3 is 6.03 Å². The molecule has 0 heterocycles. The first-order chi connectivity index (χ1) is 44.0. The highest BCUT2D eigenvalue weighted by Crippen LogP contribution is 2.49. The smallest absolute Gasteiger partial charge is 0.315 e. The first-order valence-corrected chi connectivity index (χ1v) is 34.8. The Hall–Kier alpha value is -10.3. The van der Waals surface area contributed by atoms with E-state index < -0.39 is 164 Å². The highest BCUT2D eigenvalue weighted by atomic mass is 32.2. The van der Waals surface area contributed by atoms with E-state index >= 15 is 0 Å². The highest BCUT2D eigenvalue weighted by Gasteiger charge is 2.32. The molecule has 10 aromatic carbocycles. The minimum absolute atomic E-state index is 0.0475. The molecule has 37 heteroatoms. The van der Waals surface area contributed by atoms with E-state index in [-0.39, 0.29) is 68.3 Å². The van der Waals surface area contributed by atoms with Crippen LogP contribution in [0.25, 0.3) is 43.1 Å². The Morgan fingerprint density at radius 2 is 0.702 bits per heavy atom. The summed E-state index contributed by atoms with van der Waals surface area (Å²) in [6.07, 6.45) is 0. The number of anilines is 2. The van der Waals surface area contributed by atoms with Crippen LogP contribution in [0.2, 0.25) is 0 Å². The Morgan fingerprint density at radius 3 is 1.03 bits per heavy atom. The molecule has 0 atom stereocenters. The third-order valence-corrected chi connectivity index (χ3v) is 19.6. The summed E-state index contributed by atoms with van der Waals surface area (Å²) in [5.41, 5.74) is -4.00. The summed E-state index contributed by atoms with van der Waals surface area (Å²) in [6.45, 7) is -0.777. The summed E-state index contributed by atoms with van der Waals surface area (Å²) < 4.78 is 216. The Kier molecular flexibility index (Phi) is 17.7. The Labute approximate surface area is 530 Å². The van der Waals surface area contributed by atoms with Gasteiger partial charge in [0.05, 0.1) is 22.1 Å². The van der Waals surface area contributed by atoms with Gasteiger partial charge in [0.15, 0.2) is 11.5 Å². The molecule has 10 rings (SSSR count). The summed E-state index contributed by atoms with van der Waals surface area (Å²) in [5.74, 6) is -4.17. The van der Waals surface area contributed by atoms with Gasteiger partial charge in [-0.05, 0) is 94.7 Å². The first kappa shape index (κ1) is 66.6. The molecule has 10 aromatic rings. The van der Waals surface area contributed by atoms with Crippen LogP contribution in [-0.2, 0) is 73.8 Å². The van der Waals surface area contributed by atoms with Crippen molar-refractivity contribution >= 4 is 156 Å². The van der Waals surface area contributed by atoms with Gasteiger partial charge in [0, 0.05) is 45.8 Å². The largest absolute Gasteiger partial charge is 0.505 e. The number of aromatic hydroxyl groups is 2. The van der Waals surface area contributed by atoms with Crippen LogP contribution in [0.3, 0.4) is 0 Å². The lowest BCUT2D eigenvalue weighted by Gasteiger charge is -2.16. The van der Waals surface area contributed by atoms with E-state index in [2.05, 4.69) is 41.7 Å². The van der Waals surface area contributed by atoms with Gasteiger partial charge in [0.2, 0.25) is 0 Å². The first-order valence-electron chi connectivity index (χ1n) is 26.2. The number of carbonyl (C=O) groups excluding carboxylic acids is 3. The van der Waals surface area contributed by atoms with Crippen LogP contribution < -0.4 is 21.3 Å². The van der Waals surface area contributed by atoms with Crippen LogP contribution in [0.1, 0.15) is 31.8 Å². The minimum Gasteiger partial charge on any atom is -0.505 e. The Bertz CT molecular complexity index is 5360. The maximum absolute atomic E-state index is 13.5. The van der Waals surface area contributed by atoms with Crippen LogP contribution in [0.15, 0.2) is 208 Å². The van der Waals surface area contributed by atoms with Gasteiger partial charge < -0.3 is 31.5 Å². The molecule has 0 aliphatic heterocycles. The van der Waals surface area contributed by atoms with Crippen LogP contribution in [0.5, 0.6) is 11.5 Å². The molecule has 0 fully saturated rings. The fourth-order valence-electron chi connectivity index (χ4n) is 10.1. The molecule has 0 bridgehead atoms. The van der Waals surface area contributed by atoms with Crippen molar-refractivity contribution in [1.82, 2.24) is 10.6 Å². The van der Waals surface area contributed by atoms with E-state index in [0.29, 0.717) is 12.1 Å². The molecule has 12 N–H and O–H groups in total. The summed E-state index contributed by atoms with van der Waals surface area (Å²) in [7, 11) is -32.2. The second-order valence-corrected chi connectivity index (χ2v) is 28.3. The third-order valence-electron chi connectivity index (χ3n) is 14.1. The second kappa shape index (κ2) is 25.0. The summed E-state index contributed by atoms with van der Waals surface area (Å²) in [5, 5.41) is 45.1. The van der Waals surface area contributed by atoms with Gasteiger partial charge in [-0.1, -0.05) is 84.9 Å². The number of benzene rings is 10. The van der Waals surface area contributed by atoms with E-state index in [1.807, 2.05) is 0 Å². The molecule has 0 aliphatic rings. The lowest BCUT2D eigenvalue weighted by Crippen LogP contribution is -2.34. The number of phenols is 2. The van der Waals surface area contributed by atoms with E-state index in [1.54, 1.807) is 12.1 Å². The van der Waals surface area contributed by atoms with Crippen LogP contribution in [-0.4, -0.2) is 106 Å². The van der Waals surface area contributed by atoms with E-state index in [1.165, 1.54) is 97.1 Å². The van der Waals surface area contributed by atoms with Crippen molar-refractivity contribution in [3.63, 3.8) is 0 Å². The third kappa shape index (κ3) is 13.6. The predicted octanol–water partition coefficient (Wildman–Crippen LogP) is 9.53. The van der Waals surface area contributed by atoms with Gasteiger partial charge in [-0.15, -0.1) is 20.5 Å². The zero-order valence-electron chi connectivity index (χ0n) is 46.9. The average Bonchev–Trinajstić information content (AvgIpc) is 0.757. The number of rotatable bonds is 18. The van der Waals surface area contributed by atoms with Crippen molar-refractivity contribution in [2.75, 3.05) is 10.6 Å². The standard InChI is InChI=1S/C57H42N8O23S6/c66-51-47-37(43(89(71,72)73)23-21-39(47)60-55(68)29-9-3-1-4-10-29)25-45(91(77,78)79)49(51)64-62-41-19-17-33-31(13-7-15-35(33)53(41)93(83,84)85)27-58-57(70)59-28-32-14-8-16-36-34(32)18-20-42(54(36)94(86,87)88)63-65-50-46(92(80,81)82)26-38-44(90(74,75)76)24-22-40(48(38)52(50)67)61-56(69)30-11-5-2-6-12-30/h1-26,66-67H,27-28H2,(H,60,68)(H,61,69)(H2,58,59,70)(H,71,72,73)(H,74,75,76)(H,77,78,79)(H,80,81,82)(H,83,84,85)(H,86,87,88). The predicted molar refractivity (Wildman–Crippen MR) is 334 cm³/mol. The number of hydrogen-bond donors (Lipinski definition) is 12. The second-order valence-electron chi connectivity index (χ2n) is 20.0. The number of urea groups is 1. The summed E-state index contributed by atoms with van der Waals surface area (Å²) in [4.78, 5) is 33.3. The number of amides is 4. The maximum Gasteiger partial charge on any atom is 0.315 e. The zero-order valence-corrected chi connectivity index (χ0v) is 51.8. The maximum atomic E-state index is 13.5. The number of fused-ring (bicyclic) bond motifs is 4. The minimum atomic E-state index is -5.53. The number of nitrogens with zero attached hydrogens (tertiary/aromatic N) is 4. The van der Waals surface area contributed by atoms with Gasteiger partial charge in [-0.25, -0.2) is 4.79 Å². The number of carbonyl (C=O) groups is 3. The van der Waals surface area contributed by atoms with Gasteiger partial charge in [0.1, 0.15) is 52.1 Å². The quantitative estimate of drug-likeness (QED) is 0.0281. The van der Waals surface area contributed by atoms with Crippen molar-refractivity contribution in [2.24, 2.45) is 20.5 Å². The van der Waals surface area contributed by atoms with Crippen molar-refractivity contribution in [3.05, 3.63) is 180 Å². The molecule has 94 heavy (non-hydrogen) atoms. The van der Waals surface area contributed by atoms with Crippen molar-refractivity contribution < 1.29 is 102 Å². The van der Waals surface area contributed by atoms with Crippen LogP contribution in [0.4, 0.5) is 38.9 Å². The van der Waals surface area contributed by atoms with Crippen molar-refractivity contribution in [2.45, 2.75) is 42.5 Å². The molecule has 484 valence electrons. The van der Waals surface area contributed by atoms with Gasteiger partial charge in [-0.2, -0.15) is 50.5 Å². The molecule has 0 aliphatic carbocycles. The molecule has 0 unspecified atom stereocenters. The Balaban J connectivity index is 0.940. The molecule has 0 saturated heterocycles. The molecule has 0 saturated carbocycles. The SMILES string of the molecule is O=C(NCc1cccc2c(S(=O)(=O)O)c(N=Nc3c(S(=O)(=O)O)cc4c(S(=O)(=O)O)ccc(NC(=O)c5ccccc5)c4c3O)ccc12)NCc1cccc2c(S(=O)(=O)O)c(N=Nc3c(S(=O)(=O)O)cc4c(S(=O)(=O)O)ccc(NC(=O)c5ccccc5)c4c3O)ccc12. The number of phenolic OH excluding ortho intramolecular Hbond substituents is 2. The lowest BCUT2D eigenvalue weighted by atomic mass is 10.0. The monoisotopic (exact) mass is 1400 g/mol. The molecule has 0 aromatic heterocycles. The molecule has 0 radical (unpaired) electrons. The molecule has 31 nitrogen and oxygen atoms in total. The molecular weight excluding hydrogens is 1360 g/mol. The topological polar surface area (TPSA) is 515 Å². The molecule has 0 spiro atoms. The fourth-order valence-corrected chi connectivity index (χ4v) is 14.4. The number of nitrogens with one attached hydrogen (secondary N) is 4. The van der Waals surface area contributed by atoms with Gasteiger partial charge in [0.25, 0.3) is 72.5 Å². The summed E-state index contributed by atoms with van der Waals surface area (Å²) in [6, 6.07) is 30.6. The summed E-state index contributed by atoms with van der Waals surface area (Å²) >= 11 is 0. The van der Waals surface area contributed by atoms with E-state index in [0.717, 1.165) is 36.4 Å². The normalized spacial score (nSPS) is 12.7.